The molecule has 26 heavy (non-hydrogen) atoms. The minimum atomic E-state index is -0.531. The second-order valence-electron chi connectivity index (χ2n) is 5.35. The topological polar surface area (TPSA) is 57.0 Å². The van der Waals surface area contributed by atoms with E-state index in [9.17, 15) is 9.18 Å². The molecule has 2 heterocycles. The van der Waals surface area contributed by atoms with Crippen molar-refractivity contribution in [3.8, 4) is 5.69 Å². The molecule has 0 aliphatic carbocycles. The molecule has 0 radical (unpaired) electrons. The monoisotopic (exact) mass is 391 g/mol. The molecule has 0 bridgehead atoms. The molecule has 3 aromatic rings. The maximum Gasteiger partial charge on any atom is 0.358 e. The van der Waals surface area contributed by atoms with Crippen LogP contribution in [0, 0.1) is 12.7 Å². The average molecular weight is 392 g/mol. The third kappa shape index (κ3) is 4.05. The third-order valence-electron chi connectivity index (χ3n) is 3.48. The van der Waals surface area contributed by atoms with E-state index in [0.717, 1.165) is 10.5 Å². The van der Waals surface area contributed by atoms with Gasteiger partial charge in [-0.15, -0.1) is 0 Å². The Morgan fingerprint density at radius 3 is 2.81 bits per heavy atom. The van der Waals surface area contributed by atoms with Crippen LogP contribution in [0.4, 0.5) is 4.39 Å². The predicted molar refractivity (Wildman–Crippen MR) is 97.6 cm³/mol. The average Bonchev–Trinajstić information content (AvgIpc) is 3.03. The van der Waals surface area contributed by atoms with Gasteiger partial charge in [-0.1, -0.05) is 29.4 Å². The zero-order valence-corrected chi connectivity index (χ0v) is 15.6. The van der Waals surface area contributed by atoms with E-state index in [1.165, 1.54) is 28.6 Å². The van der Waals surface area contributed by atoms with Gasteiger partial charge in [0.1, 0.15) is 16.0 Å². The van der Waals surface area contributed by atoms with Crippen LogP contribution in [0.1, 0.15) is 23.0 Å². The van der Waals surface area contributed by atoms with Crippen molar-refractivity contribution in [1.29, 1.82) is 0 Å². The summed E-state index contributed by atoms with van der Waals surface area (Å²) in [5.74, 6) is -0.917. The van der Waals surface area contributed by atoms with E-state index >= 15 is 0 Å². The van der Waals surface area contributed by atoms with Crippen LogP contribution < -0.4 is 0 Å². The van der Waals surface area contributed by atoms with Crippen molar-refractivity contribution in [3.63, 3.8) is 0 Å². The van der Waals surface area contributed by atoms with Gasteiger partial charge < -0.3 is 4.74 Å². The number of hydrogen-bond acceptors (Lipinski definition) is 5. The van der Waals surface area contributed by atoms with Crippen molar-refractivity contribution in [2.24, 2.45) is 0 Å². The van der Waals surface area contributed by atoms with Gasteiger partial charge in [0.15, 0.2) is 5.69 Å². The number of hydrogen-bond donors (Lipinski definition) is 0. The zero-order chi connectivity index (χ0) is 18.7. The van der Waals surface area contributed by atoms with Gasteiger partial charge in [-0.2, -0.15) is 5.10 Å². The first-order valence-corrected chi connectivity index (χ1v) is 9.00. The Morgan fingerprint density at radius 2 is 2.12 bits per heavy atom. The second kappa shape index (κ2) is 7.88. The number of rotatable bonds is 5. The van der Waals surface area contributed by atoms with Crippen molar-refractivity contribution in [2.75, 3.05) is 6.61 Å². The molecule has 134 valence electrons. The summed E-state index contributed by atoms with van der Waals surface area (Å²) in [5.41, 5.74) is 1.52. The zero-order valence-electron chi connectivity index (χ0n) is 14.1. The molecule has 8 heteroatoms. The lowest BCUT2D eigenvalue weighted by Gasteiger charge is -2.10. The van der Waals surface area contributed by atoms with Crippen LogP contribution in [0.2, 0.25) is 5.15 Å². The number of halogens is 2. The van der Waals surface area contributed by atoms with Gasteiger partial charge in [0, 0.05) is 17.2 Å². The van der Waals surface area contributed by atoms with Gasteiger partial charge >= 0.3 is 5.97 Å². The van der Waals surface area contributed by atoms with E-state index < -0.39 is 5.97 Å². The van der Waals surface area contributed by atoms with E-state index in [4.69, 9.17) is 16.3 Å². The number of pyridine rings is 1. The van der Waals surface area contributed by atoms with Crippen LogP contribution in [0.25, 0.3) is 5.69 Å². The first-order chi connectivity index (χ1) is 12.5. The van der Waals surface area contributed by atoms with Crippen LogP contribution in [0.15, 0.2) is 52.5 Å². The first-order valence-electron chi connectivity index (χ1n) is 7.81. The maximum atomic E-state index is 13.8. The molecule has 5 nitrogen and oxygen atoms in total. The van der Waals surface area contributed by atoms with Gasteiger partial charge in [0.05, 0.1) is 12.3 Å². The Hall–Kier alpha value is -2.38. The number of aryl methyl sites for hydroxylation is 1. The fourth-order valence-corrected chi connectivity index (χ4v) is 3.26. The molecule has 1 aromatic carbocycles. The van der Waals surface area contributed by atoms with E-state index in [-0.39, 0.29) is 18.1 Å². The van der Waals surface area contributed by atoms with E-state index in [1.54, 1.807) is 37.4 Å². The number of nitrogens with zero attached hydrogens (tertiary/aromatic N) is 3. The lowest BCUT2D eigenvalue weighted by atomic mass is 10.2. The van der Waals surface area contributed by atoms with Crippen LogP contribution in [-0.2, 0) is 4.74 Å². The Balaban J connectivity index is 2.07. The highest BCUT2D eigenvalue weighted by atomic mass is 35.5. The highest BCUT2D eigenvalue weighted by Gasteiger charge is 2.18. The summed E-state index contributed by atoms with van der Waals surface area (Å²) in [4.78, 5) is 16.9. The molecule has 0 unspecified atom stereocenters. The SMILES string of the molecule is CCOC(=O)c1cc(Sc2ccc(Cl)nc2)n(-c2cc(F)ccc2C)n1. The fourth-order valence-electron chi connectivity index (χ4n) is 2.27. The molecular weight excluding hydrogens is 377 g/mol. The van der Waals surface area contributed by atoms with Crippen molar-refractivity contribution in [1.82, 2.24) is 14.8 Å². The number of esters is 1. The van der Waals surface area contributed by atoms with Gasteiger partial charge in [0.25, 0.3) is 0 Å². The molecular formula is C18H15ClFN3O2S. The number of benzene rings is 1. The van der Waals surface area contributed by atoms with Crippen molar-refractivity contribution >= 4 is 29.3 Å². The van der Waals surface area contributed by atoms with Gasteiger partial charge in [-0.05, 0) is 43.7 Å². The van der Waals surface area contributed by atoms with Crippen LogP contribution in [-0.4, -0.2) is 27.3 Å². The lowest BCUT2D eigenvalue weighted by Crippen LogP contribution is -2.07. The van der Waals surface area contributed by atoms with Crippen LogP contribution in [0.3, 0.4) is 0 Å². The molecule has 0 saturated carbocycles. The normalized spacial score (nSPS) is 10.8. The fraction of sp³-hybridized carbons (Fsp3) is 0.167. The summed E-state index contributed by atoms with van der Waals surface area (Å²) in [6.07, 6.45) is 1.62. The Bertz CT molecular complexity index is 944. The van der Waals surface area contributed by atoms with Crippen LogP contribution >= 0.6 is 23.4 Å². The summed E-state index contributed by atoms with van der Waals surface area (Å²) < 4.78 is 20.3. The minimum absolute atomic E-state index is 0.153. The Labute approximate surface area is 159 Å². The van der Waals surface area contributed by atoms with E-state index in [0.29, 0.717) is 15.9 Å². The summed E-state index contributed by atoms with van der Waals surface area (Å²) in [5, 5.41) is 5.34. The number of aromatic nitrogens is 3. The van der Waals surface area contributed by atoms with Gasteiger partial charge in [-0.3, -0.25) is 0 Å². The first kappa shape index (κ1) is 18.4. The largest absolute Gasteiger partial charge is 0.461 e. The molecule has 0 amide bonds. The summed E-state index contributed by atoms with van der Waals surface area (Å²) in [6, 6.07) is 9.51. The van der Waals surface area contributed by atoms with Crippen LogP contribution in [0.5, 0.6) is 0 Å². The predicted octanol–water partition coefficient (Wildman–Crippen LogP) is 4.70. The smallest absolute Gasteiger partial charge is 0.358 e. The highest BCUT2D eigenvalue weighted by molar-refractivity contribution is 7.99. The van der Waals surface area contributed by atoms with Gasteiger partial charge in [-0.25, -0.2) is 18.9 Å². The van der Waals surface area contributed by atoms with Crippen molar-refractivity contribution in [3.05, 3.63) is 64.8 Å². The van der Waals surface area contributed by atoms with Crippen molar-refractivity contribution < 1.29 is 13.9 Å². The molecule has 2 aromatic heterocycles. The van der Waals surface area contributed by atoms with Crippen molar-refractivity contribution in [2.45, 2.75) is 23.8 Å². The third-order valence-corrected chi connectivity index (χ3v) is 4.68. The second-order valence-corrected chi connectivity index (χ2v) is 6.83. The Kier molecular flexibility index (Phi) is 5.58. The molecule has 0 saturated heterocycles. The standard InChI is InChI=1S/C18H15ClFN3O2S/c1-3-25-18(24)14-9-17(26-13-6-7-16(19)21-10-13)23(22-14)15-8-12(20)5-4-11(15)2/h4-10H,3H2,1-2H3. The molecule has 0 spiro atoms. The summed E-state index contributed by atoms with van der Waals surface area (Å²) in [6.45, 7) is 3.81. The molecule has 0 N–H and O–H groups in total. The molecule has 0 fully saturated rings. The van der Waals surface area contributed by atoms with Gasteiger partial charge in [0.2, 0.25) is 0 Å². The quantitative estimate of drug-likeness (QED) is 0.466. The number of carbonyl (C=O) groups is 1. The van der Waals surface area contributed by atoms with E-state index in [2.05, 4.69) is 10.1 Å². The molecule has 0 aliphatic heterocycles. The molecule has 3 rings (SSSR count). The number of carbonyl (C=O) groups excluding carboxylic acids is 1. The lowest BCUT2D eigenvalue weighted by molar-refractivity contribution is 0.0519. The summed E-state index contributed by atoms with van der Waals surface area (Å²) >= 11 is 7.16. The maximum absolute atomic E-state index is 13.8. The van der Waals surface area contributed by atoms with E-state index in [1.807, 2.05) is 6.92 Å². The minimum Gasteiger partial charge on any atom is -0.461 e. The number of ether oxygens (including phenoxy) is 1. The highest BCUT2D eigenvalue weighted by Crippen LogP contribution is 2.31. The summed E-state index contributed by atoms with van der Waals surface area (Å²) in [7, 11) is 0. The molecule has 0 aliphatic rings. The molecule has 0 atom stereocenters. The Morgan fingerprint density at radius 1 is 1.31 bits per heavy atom.